The zero-order valence-corrected chi connectivity index (χ0v) is 21.0. The number of imidazole rings is 1. The van der Waals surface area contributed by atoms with Crippen molar-refractivity contribution in [1.29, 1.82) is 0 Å². The van der Waals surface area contributed by atoms with E-state index in [-0.39, 0.29) is 5.56 Å². The number of rotatable bonds is 5. The van der Waals surface area contributed by atoms with E-state index in [1.165, 1.54) is 0 Å². The number of nitrogens with one attached hydrogen (secondary N) is 1. The fraction of sp³-hybridized carbons (Fsp3) is 0.417. The molecule has 7 heteroatoms. The highest BCUT2D eigenvalue weighted by atomic mass is 35.5. The predicted octanol–water partition coefficient (Wildman–Crippen LogP) is 5.95. The van der Waals surface area contributed by atoms with Crippen molar-refractivity contribution in [3.05, 3.63) is 51.7 Å². The smallest absolute Gasteiger partial charge is 0.274 e. The third kappa shape index (κ3) is 4.05. The van der Waals surface area contributed by atoms with Gasteiger partial charge < -0.3 is 9.72 Å². The number of fused-ring (bicyclic) bond motifs is 1. The molecule has 3 rings (SSSR count). The average Bonchev–Trinajstić information content (AvgIpc) is 3.07. The van der Waals surface area contributed by atoms with Crippen molar-refractivity contribution in [1.82, 2.24) is 14.5 Å². The Morgan fingerprint density at radius 2 is 1.74 bits per heavy atom. The van der Waals surface area contributed by atoms with Crippen LogP contribution in [0.5, 0.6) is 5.75 Å². The molecule has 2 heterocycles. The second kappa shape index (κ2) is 8.94. The molecule has 31 heavy (non-hydrogen) atoms. The molecule has 3 aromatic rings. The molecular weight excluding hydrogens is 426 g/mol. The molecule has 0 aliphatic rings. The number of ether oxygens (including phenoxy) is 1. The number of methoxy groups -OCH3 is 1. The summed E-state index contributed by atoms with van der Waals surface area (Å²) in [5.74, 6) is 4.52. The van der Waals surface area contributed by atoms with E-state index in [2.05, 4.69) is 58.0 Å². The van der Waals surface area contributed by atoms with Crippen molar-refractivity contribution in [3.63, 3.8) is 0 Å². The summed E-state index contributed by atoms with van der Waals surface area (Å²) in [7, 11) is -0.396. The van der Waals surface area contributed by atoms with Crippen LogP contribution in [-0.4, -0.2) is 29.7 Å². The van der Waals surface area contributed by atoms with Crippen LogP contribution in [-0.2, 0) is 0 Å². The van der Waals surface area contributed by atoms with Crippen LogP contribution in [0.25, 0.3) is 16.7 Å². The molecule has 0 amide bonds. The second-order valence-electron chi connectivity index (χ2n) is 8.78. The fourth-order valence-electron chi connectivity index (χ4n) is 4.76. The minimum atomic E-state index is -1.97. The molecule has 2 aromatic heterocycles. The first-order chi connectivity index (χ1) is 14.6. The second-order valence-corrected chi connectivity index (χ2v) is 14.8. The number of aromatic amines is 1. The molecule has 0 bridgehead atoms. The molecule has 0 saturated carbocycles. The molecule has 0 atom stereocenters. The topological polar surface area (TPSA) is 59.9 Å². The van der Waals surface area contributed by atoms with Crippen LogP contribution in [0.2, 0.25) is 21.6 Å². The number of halogens is 1. The highest BCUT2D eigenvalue weighted by Crippen LogP contribution is 2.41. The lowest BCUT2D eigenvalue weighted by Crippen LogP contribution is -2.43. The normalized spacial score (nSPS) is 12.0. The fourth-order valence-corrected chi connectivity index (χ4v) is 10.2. The third-order valence-corrected chi connectivity index (χ3v) is 12.8. The van der Waals surface area contributed by atoms with E-state index in [1.807, 2.05) is 6.07 Å². The van der Waals surface area contributed by atoms with Gasteiger partial charge in [-0.05, 0) is 46.8 Å². The zero-order valence-electron chi connectivity index (χ0n) is 19.2. The first-order valence-corrected chi connectivity index (χ1v) is 13.2. The van der Waals surface area contributed by atoms with Crippen molar-refractivity contribution < 1.29 is 4.74 Å². The van der Waals surface area contributed by atoms with Gasteiger partial charge in [-0.25, -0.2) is 4.98 Å². The van der Waals surface area contributed by atoms with E-state index >= 15 is 0 Å². The van der Waals surface area contributed by atoms with Gasteiger partial charge in [-0.15, -0.1) is 5.54 Å². The highest BCUT2D eigenvalue weighted by Gasteiger charge is 2.41. The average molecular weight is 456 g/mol. The number of aromatic nitrogens is 3. The van der Waals surface area contributed by atoms with Crippen molar-refractivity contribution in [2.45, 2.75) is 58.2 Å². The van der Waals surface area contributed by atoms with Gasteiger partial charge in [0.2, 0.25) is 0 Å². The Balaban J connectivity index is 2.32. The summed E-state index contributed by atoms with van der Waals surface area (Å²) < 4.78 is 7.08. The SMILES string of the molecule is COc1ccc(-n2c(C#C[Si](C(C)C)(C(C)C)C(C)C)nc3cc[nH]c(=O)c32)cc1Cl. The number of H-pyrrole nitrogens is 1. The maximum atomic E-state index is 12.7. The van der Waals surface area contributed by atoms with Gasteiger partial charge in [0.25, 0.3) is 5.56 Å². The Morgan fingerprint density at radius 3 is 2.29 bits per heavy atom. The molecule has 0 aliphatic heterocycles. The van der Waals surface area contributed by atoms with Gasteiger partial charge >= 0.3 is 0 Å². The molecule has 0 unspecified atom stereocenters. The summed E-state index contributed by atoms with van der Waals surface area (Å²) in [4.78, 5) is 20.2. The van der Waals surface area contributed by atoms with Crippen molar-refractivity contribution in [2.75, 3.05) is 7.11 Å². The van der Waals surface area contributed by atoms with Crippen molar-refractivity contribution in [2.24, 2.45) is 0 Å². The number of pyridine rings is 1. The molecule has 0 radical (unpaired) electrons. The molecule has 0 saturated heterocycles. The Bertz CT molecular complexity index is 1190. The summed E-state index contributed by atoms with van der Waals surface area (Å²) in [5, 5.41) is 0.461. The highest BCUT2D eigenvalue weighted by molar-refractivity contribution is 6.90. The van der Waals surface area contributed by atoms with Crippen LogP contribution in [0.4, 0.5) is 0 Å². The number of hydrogen-bond acceptors (Lipinski definition) is 3. The van der Waals surface area contributed by atoms with Crippen LogP contribution >= 0.6 is 11.6 Å². The quantitative estimate of drug-likeness (QED) is 0.382. The van der Waals surface area contributed by atoms with Crippen LogP contribution in [0.15, 0.2) is 35.3 Å². The summed E-state index contributed by atoms with van der Waals surface area (Å²) in [6, 6.07) is 7.22. The summed E-state index contributed by atoms with van der Waals surface area (Å²) in [6.45, 7) is 13.7. The molecule has 164 valence electrons. The Kier molecular flexibility index (Phi) is 6.68. The van der Waals surface area contributed by atoms with E-state index in [0.717, 1.165) is 5.69 Å². The summed E-state index contributed by atoms with van der Waals surface area (Å²) >= 11 is 6.39. The van der Waals surface area contributed by atoms with Crippen LogP contribution in [0.1, 0.15) is 47.4 Å². The van der Waals surface area contributed by atoms with Gasteiger partial charge in [-0.3, -0.25) is 9.36 Å². The largest absolute Gasteiger partial charge is 0.495 e. The summed E-state index contributed by atoms with van der Waals surface area (Å²) in [5.41, 5.74) is 6.77. The first kappa shape index (κ1) is 23.2. The van der Waals surface area contributed by atoms with Crippen LogP contribution in [0, 0.1) is 11.5 Å². The maximum absolute atomic E-state index is 12.7. The standard InChI is InChI=1S/C24H30ClN3O2Si/c1-15(2)31(16(3)4,17(5)6)13-11-22-27-20-10-12-26-24(29)23(20)28(22)18-8-9-21(30-7)19(25)14-18/h8-10,12,14-17H,1-7H3,(H,26,29). The van der Waals surface area contributed by atoms with Crippen molar-refractivity contribution in [3.8, 4) is 22.9 Å². The number of benzene rings is 1. The van der Waals surface area contributed by atoms with Gasteiger partial charge in [-0.2, -0.15) is 0 Å². The minimum absolute atomic E-state index is 0.218. The van der Waals surface area contributed by atoms with Gasteiger partial charge in [0.15, 0.2) is 5.82 Å². The van der Waals surface area contributed by atoms with E-state index in [9.17, 15) is 4.79 Å². The molecule has 0 aliphatic carbocycles. The van der Waals surface area contributed by atoms with Gasteiger partial charge in [0.05, 0.1) is 23.3 Å². The van der Waals surface area contributed by atoms with E-state index in [0.29, 0.717) is 44.3 Å². The first-order valence-electron chi connectivity index (χ1n) is 10.6. The molecule has 0 spiro atoms. The maximum Gasteiger partial charge on any atom is 0.274 e. The minimum Gasteiger partial charge on any atom is -0.495 e. The Labute approximate surface area is 189 Å². The molecular formula is C24H30ClN3O2Si. The predicted molar refractivity (Wildman–Crippen MR) is 131 cm³/mol. The van der Waals surface area contributed by atoms with E-state index < -0.39 is 8.07 Å². The Morgan fingerprint density at radius 1 is 1.10 bits per heavy atom. The molecule has 1 aromatic carbocycles. The monoisotopic (exact) mass is 455 g/mol. The number of nitrogens with zero attached hydrogens (tertiary/aromatic N) is 2. The van der Waals surface area contributed by atoms with Gasteiger partial charge in [0.1, 0.15) is 19.3 Å². The molecule has 0 fully saturated rings. The van der Waals surface area contributed by atoms with Crippen LogP contribution in [0.3, 0.4) is 0 Å². The molecule has 1 N–H and O–H groups in total. The zero-order chi connectivity index (χ0) is 22.9. The lowest BCUT2D eigenvalue weighted by molar-refractivity contribution is 0.415. The Hall–Kier alpha value is -2.49. The van der Waals surface area contributed by atoms with Crippen molar-refractivity contribution >= 4 is 30.7 Å². The van der Waals surface area contributed by atoms with E-state index in [1.54, 1.807) is 36.1 Å². The lowest BCUT2D eigenvalue weighted by atomic mass is 10.3. The van der Waals surface area contributed by atoms with Gasteiger partial charge in [0, 0.05) is 6.20 Å². The summed E-state index contributed by atoms with van der Waals surface area (Å²) in [6.07, 6.45) is 1.61. The third-order valence-electron chi connectivity index (χ3n) is 6.23. The van der Waals surface area contributed by atoms with Crippen LogP contribution < -0.4 is 10.3 Å². The molecule has 5 nitrogen and oxygen atoms in total. The van der Waals surface area contributed by atoms with Gasteiger partial charge in [-0.1, -0.05) is 53.1 Å². The number of hydrogen-bond donors (Lipinski definition) is 1. The lowest BCUT2D eigenvalue weighted by Gasteiger charge is -2.38. The van der Waals surface area contributed by atoms with E-state index in [4.69, 9.17) is 21.3 Å².